The van der Waals surface area contributed by atoms with Gasteiger partial charge in [0.2, 0.25) is 6.10 Å². The molecule has 0 saturated heterocycles. The van der Waals surface area contributed by atoms with E-state index in [1.54, 1.807) is 0 Å². The highest BCUT2D eigenvalue weighted by atomic mass is 19.4. The number of phenols is 1. The zero-order valence-electron chi connectivity index (χ0n) is 10.7. The van der Waals surface area contributed by atoms with Gasteiger partial charge in [-0.1, -0.05) is 0 Å². The van der Waals surface area contributed by atoms with Crippen LogP contribution in [0.25, 0.3) is 6.08 Å². The summed E-state index contributed by atoms with van der Waals surface area (Å²) in [6.45, 7) is 0. The molecule has 0 spiro atoms. The highest BCUT2D eigenvalue weighted by Gasteiger charge is 2.49. The number of carboxylic acid groups (broad SMARTS) is 1. The van der Waals surface area contributed by atoms with Gasteiger partial charge in [0.25, 0.3) is 0 Å². The highest BCUT2D eigenvalue weighted by molar-refractivity contribution is 5.95. The third-order valence-corrected chi connectivity index (χ3v) is 2.68. The fraction of sp³-hybridized carbons (Fsp3) is 0.250. The Morgan fingerprint density at radius 1 is 1.17 bits per heavy atom. The first kappa shape index (κ1) is 16.8. The molecule has 1 unspecified atom stereocenters. The minimum Gasteiger partial charge on any atom is -0.504 e. The first-order valence-electron chi connectivity index (χ1n) is 5.69. The van der Waals surface area contributed by atoms with Gasteiger partial charge in [0.05, 0.1) is 5.57 Å². The maximum atomic E-state index is 12.8. The van der Waals surface area contributed by atoms with Gasteiger partial charge in [-0.05, 0) is 12.1 Å². The zero-order chi connectivity index (χ0) is 17.6. The molecule has 1 aromatic rings. The number of ether oxygens (including phenoxy) is 2. The third kappa shape index (κ3) is 3.60. The molecule has 0 aromatic heterocycles. The Labute approximate surface area is 123 Å². The lowest BCUT2D eigenvalue weighted by molar-refractivity contribution is -0.274. The second-order valence-electron chi connectivity index (χ2n) is 4.35. The molecule has 5 nitrogen and oxygen atoms in total. The lowest BCUT2D eigenvalue weighted by atomic mass is 10.0. The number of hydrogen-bond donors (Lipinski definition) is 2. The average Bonchev–Trinajstić information content (AvgIpc) is 2.33. The number of carbonyl (C=O) groups is 1. The number of aromatic hydroxyl groups is 1. The number of alkyl halides is 6. The van der Waals surface area contributed by atoms with Crippen molar-refractivity contribution < 1.29 is 50.8 Å². The largest absolute Gasteiger partial charge is 0.573 e. The molecule has 0 amide bonds. The van der Waals surface area contributed by atoms with Gasteiger partial charge in [-0.15, -0.1) is 13.2 Å². The van der Waals surface area contributed by atoms with E-state index < -0.39 is 53.0 Å². The number of rotatable bonds is 2. The van der Waals surface area contributed by atoms with Crippen LogP contribution in [0.5, 0.6) is 17.2 Å². The van der Waals surface area contributed by atoms with Gasteiger partial charge in [-0.25, -0.2) is 4.79 Å². The van der Waals surface area contributed by atoms with E-state index in [9.17, 15) is 36.2 Å². The number of aliphatic carboxylic acids is 1. The maximum absolute atomic E-state index is 12.8. The Morgan fingerprint density at radius 3 is 2.26 bits per heavy atom. The number of hydrogen-bond acceptors (Lipinski definition) is 4. The second kappa shape index (κ2) is 5.25. The molecular formula is C12H6F6O5. The molecule has 11 heteroatoms. The maximum Gasteiger partial charge on any atom is 0.573 e. The molecule has 2 N–H and O–H groups in total. The lowest BCUT2D eigenvalue weighted by Gasteiger charge is -2.27. The van der Waals surface area contributed by atoms with Gasteiger partial charge >= 0.3 is 18.5 Å². The molecule has 0 aliphatic carbocycles. The molecule has 0 radical (unpaired) electrons. The normalized spacial score (nSPS) is 17.8. The van der Waals surface area contributed by atoms with E-state index >= 15 is 0 Å². The molecule has 1 aromatic carbocycles. The minimum atomic E-state index is -5.11. The van der Waals surface area contributed by atoms with Crippen LogP contribution in [0.4, 0.5) is 26.3 Å². The molecule has 23 heavy (non-hydrogen) atoms. The zero-order valence-corrected chi connectivity index (χ0v) is 10.7. The highest BCUT2D eigenvalue weighted by Crippen LogP contribution is 2.44. The molecule has 1 atom stereocenters. The van der Waals surface area contributed by atoms with E-state index in [1.807, 2.05) is 0 Å². The quantitative estimate of drug-likeness (QED) is 0.807. The van der Waals surface area contributed by atoms with E-state index in [2.05, 4.69) is 9.47 Å². The van der Waals surface area contributed by atoms with Crippen molar-refractivity contribution >= 4 is 12.0 Å². The predicted octanol–water partition coefficient (Wildman–Crippen LogP) is 3.08. The van der Waals surface area contributed by atoms with E-state index in [0.29, 0.717) is 18.2 Å². The molecule has 0 fully saturated rings. The van der Waals surface area contributed by atoms with Crippen LogP contribution in [0.1, 0.15) is 5.56 Å². The predicted molar refractivity (Wildman–Crippen MR) is 60.9 cm³/mol. The first-order chi connectivity index (χ1) is 10.4. The summed E-state index contributed by atoms with van der Waals surface area (Å²) in [5.41, 5.74) is -1.74. The molecule has 1 heterocycles. The van der Waals surface area contributed by atoms with E-state index in [0.717, 1.165) is 0 Å². The van der Waals surface area contributed by atoms with Crippen molar-refractivity contribution in [2.45, 2.75) is 18.6 Å². The Hall–Kier alpha value is -2.59. The van der Waals surface area contributed by atoms with Crippen molar-refractivity contribution in [3.8, 4) is 17.2 Å². The first-order valence-corrected chi connectivity index (χ1v) is 5.69. The Balaban J connectivity index is 2.53. The summed E-state index contributed by atoms with van der Waals surface area (Å²) in [4.78, 5) is 10.9. The van der Waals surface area contributed by atoms with Crippen LogP contribution in [0.15, 0.2) is 17.7 Å². The molecule has 1 aliphatic heterocycles. The third-order valence-electron chi connectivity index (χ3n) is 2.68. The molecular weight excluding hydrogens is 338 g/mol. The Kier molecular flexibility index (Phi) is 3.83. The SMILES string of the molecule is O=C(O)C1=Cc2cc(OC(F)(F)F)cc(O)c2OC1C(F)(F)F. The smallest absolute Gasteiger partial charge is 0.504 e. The monoisotopic (exact) mass is 344 g/mol. The fourth-order valence-corrected chi connectivity index (χ4v) is 1.88. The Bertz CT molecular complexity index is 676. The van der Waals surface area contributed by atoms with Crippen molar-refractivity contribution in [1.29, 1.82) is 0 Å². The summed E-state index contributed by atoms with van der Waals surface area (Å²) >= 11 is 0. The lowest BCUT2D eigenvalue weighted by Crippen LogP contribution is -2.40. The van der Waals surface area contributed by atoms with Crippen molar-refractivity contribution in [2.24, 2.45) is 0 Å². The number of benzene rings is 1. The van der Waals surface area contributed by atoms with Crippen LogP contribution in [-0.2, 0) is 4.79 Å². The van der Waals surface area contributed by atoms with Crippen molar-refractivity contribution in [2.75, 3.05) is 0 Å². The molecule has 1 aliphatic rings. The van der Waals surface area contributed by atoms with Crippen molar-refractivity contribution in [3.05, 3.63) is 23.3 Å². The number of fused-ring (bicyclic) bond motifs is 1. The van der Waals surface area contributed by atoms with Crippen molar-refractivity contribution in [1.82, 2.24) is 0 Å². The summed E-state index contributed by atoms with van der Waals surface area (Å²) in [5, 5.41) is 18.3. The average molecular weight is 344 g/mol. The standard InChI is InChI=1S/C12H6F6O5/c13-11(14,15)9-6(10(20)21)2-4-1-5(23-12(16,17)18)3-7(19)8(4)22-9/h1-3,9,19H,(H,20,21). The van der Waals surface area contributed by atoms with E-state index in [-0.39, 0.29) is 0 Å². The molecule has 0 bridgehead atoms. The van der Waals surface area contributed by atoms with E-state index in [4.69, 9.17) is 5.11 Å². The summed E-state index contributed by atoms with van der Waals surface area (Å²) < 4.78 is 82.7. The van der Waals surface area contributed by atoms with Crippen LogP contribution in [0.2, 0.25) is 0 Å². The van der Waals surface area contributed by atoms with Gasteiger partial charge in [0.1, 0.15) is 5.75 Å². The molecule has 0 saturated carbocycles. The second-order valence-corrected chi connectivity index (χ2v) is 4.35. The summed E-state index contributed by atoms with van der Waals surface area (Å²) in [5.74, 6) is -4.77. The van der Waals surface area contributed by atoms with Crippen LogP contribution in [0.3, 0.4) is 0 Å². The van der Waals surface area contributed by atoms with Gasteiger partial charge < -0.3 is 19.7 Å². The van der Waals surface area contributed by atoms with Gasteiger partial charge in [0, 0.05) is 11.6 Å². The van der Waals surface area contributed by atoms with E-state index in [1.165, 1.54) is 0 Å². The van der Waals surface area contributed by atoms with Gasteiger partial charge in [0.15, 0.2) is 11.5 Å². The summed E-state index contributed by atoms with van der Waals surface area (Å²) in [7, 11) is 0. The topological polar surface area (TPSA) is 76.0 Å². The van der Waals surface area contributed by atoms with Gasteiger partial charge in [-0.3, -0.25) is 0 Å². The number of halogens is 6. The van der Waals surface area contributed by atoms with Crippen LogP contribution >= 0.6 is 0 Å². The van der Waals surface area contributed by atoms with Crippen molar-refractivity contribution in [3.63, 3.8) is 0 Å². The number of carboxylic acids is 1. The van der Waals surface area contributed by atoms with Crippen LogP contribution in [-0.4, -0.2) is 34.8 Å². The summed E-state index contributed by atoms with van der Waals surface area (Å²) in [6.07, 6.45) is -12.6. The number of phenolic OH excluding ortho intramolecular Hbond substituents is 1. The molecule has 126 valence electrons. The minimum absolute atomic E-state index is 0.402. The van der Waals surface area contributed by atoms with Crippen LogP contribution < -0.4 is 9.47 Å². The van der Waals surface area contributed by atoms with Crippen LogP contribution in [0, 0.1) is 0 Å². The van der Waals surface area contributed by atoms with Gasteiger partial charge in [-0.2, -0.15) is 13.2 Å². The summed E-state index contributed by atoms with van der Waals surface area (Å²) in [6, 6.07) is 0.997. The Morgan fingerprint density at radius 2 is 1.78 bits per heavy atom. The fourth-order valence-electron chi connectivity index (χ4n) is 1.88. The molecule has 2 rings (SSSR count).